The Morgan fingerprint density at radius 1 is 1.24 bits per heavy atom. The first-order chi connectivity index (χ1) is 11.7. The number of halogens is 1. The van der Waals surface area contributed by atoms with Crippen molar-refractivity contribution < 1.29 is 13.2 Å². The topological polar surface area (TPSA) is 66.5 Å². The van der Waals surface area contributed by atoms with Crippen LogP contribution in [0, 0.1) is 6.92 Å². The van der Waals surface area contributed by atoms with E-state index < -0.39 is 10.0 Å². The Labute approximate surface area is 152 Å². The van der Waals surface area contributed by atoms with E-state index in [1.54, 1.807) is 35.2 Å². The summed E-state index contributed by atoms with van der Waals surface area (Å²) >= 11 is 6.12. The van der Waals surface area contributed by atoms with Crippen molar-refractivity contribution in [2.24, 2.45) is 0 Å². The van der Waals surface area contributed by atoms with E-state index in [-0.39, 0.29) is 16.8 Å². The molecule has 1 aliphatic heterocycles. The predicted octanol–water partition coefficient (Wildman–Crippen LogP) is 3.75. The smallest absolute Gasteiger partial charge is 0.261 e. The van der Waals surface area contributed by atoms with E-state index >= 15 is 0 Å². The quantitative estimate of drug-likeness (QED) is 0.884. The molecule has 0 fully saturated rings. The molecular weight excluding hydrogens is 360 g/mol. The van der Waals surface area contributed by atoms with Crippen molar-refractivity contribution in [3.8, 4) is 0 Å². The third kappa shape index (κ3) is 3.37. The third-order valence-corrected chi connectivity index (χ3v) is 5.96. The van der Waals surface area contributed by atoms with E-state index in [9.17, 15) is 13.2 Å². The summed E-state index contributed by atoms with van der Waals surface area (Å²) in [6, 6.07) is 9.97. The van der Waals surface area contributed by atoms with E-state index in [4.69, 9.17) is 11.6 Å². The van der Waals surface area contributed by atoms with Gasteiger partial charge in [-0.2, -0.15) is 0 Å². The van der Waals surface area contributed by atoms with Gasteiger partial charge in [-0.05, 0) is 61.7 Å². The maximum Gasteiger partial charge on any atom is 0.261 e. The zero-order valence-electron chi connectivity index (χ0n) is 14.2. The lowest BCUT2D eigenvalue weighted by atomic mass is 10.1. The van der Waals surface area contributed by atoms with E-state index in [0.717, 1.165) is 16.8 Å². The van der Waals surface area contributed by atoms with Crippen molar-refractivity contribution in [2.75, 3.05) is 9.62 Å². The second kappa shape index (κ2) is 6.35. The van der Waals surface area contributed by atoms with Gasteiger partial charge < -0.3 is 4.90 Å². The highest BCUT2D eigenvalue weighted by molar-refractivity contribution is 7.92. The minimum Gasteiger partial charge on any atom is -0.309 e. The van der Waals surface area contributed by atoms with Crippen molar-refractivity contribution in [2.45, 2.75) is 38.1 Å². The van der Waals surface area contributed by atoms with Gasteiger partial charge in [0.1, 0.15) is 0 Å². The van der Waals surface area contributed by atoms with Crippen LogP contribution in [-0.2, 0) is 21.2 Å². The molecule has 0 aliphatic carbocycles. The molecule has 5 nitrogen and oxygen atoms in total. The van der Waals surface area contributed by atoms with Crippen LogP contribution < -0.4 is 9.62 Å². The molecule has 1 heterocycles. The van der Waals surface area contributed by atoms with Crippen LogP contribution >= 0.6 is 11.6 Å². The summed E-state index contributed by atoms with van der Waals surface area (Å²) in [5.41, 5.74) is 2.91. The molecule has 1 aliphatic rings. The van der Waals surface area contributed by atoms with Gasteiger partial charge in [0.25, 0.3) is 10.0 Å². The van der Waals surface area contributed by atoms with Crippen LogP contribution in [0.5, 0.6) is 0 Å². The van der Waals surface area contributed by atoms with Gasteiger partial charge in [0, 0.05) is 18.7 Å². The SMILES string of the molecule is CC(=O)N1c2ccc(S(=O)(=O)Nc3ccc(C)cc3Cl)cc2CC1C. The number of anilines is 2. The molecule has 2 aromatic rings. The van der Waals surface area contributed by atoms with E-state index in [1.807, 2.05) is 13.8 Å². The fraction of sp³-hybridized carbons (Fsp3) is 0.278. The number of fused-ring (bicyclic) bond motifs is 1. The number of hydrogen-bond acceptors (Lipinski definition) is 3. The Kier molecular flexibility index (Phi) is 4.51. The van der Waals surface area contributed by atoms with Crippen LogP contribution in [0.2, 0.25) is 5.02 Å². The monoisotopic (exact) mass is 378 g/mol. The molecule has 0 spiro atoms. The van der Waals surface area contributed by atoms with Gasteiger partial charge in [0.2, 0.25) is 5.91 Å². The highest BCUT2D eigenvalue weighted by atomic mass is 35.5. The molecule has 1 amide bonds. The first-order valence-corrected chi connectivity index (χ1v) is 9.77. The van der Waals surface area contributed by atoms with Crippen LogP contribution in [0.3, 0.4) is 0 Å². The van der Waals surface area contributed by atoms with Gasteiger partial charge in [0.15, 0.2) is 0 Å². The Morgan fingerprint density at radius 3 is 2.60 bits per heavy atom. The van der Waals surface area contributed by atoms with Crippen LogP contribution in [0.1, 0.15) is 25.0 Å². The van der Waals surface area contributed by atoms with Crippen LogP contribution in [0.25, 0.3) is 0 Å². The van der Waals surface area contributed by atoms with Crippen molar-refractivity contribution >= 4 is 38.9 Å². The molecule has 0 radical (unpaired) electrons. The normalized spacial score (nSPS) is 16.6. The number of rotatable bonds is 3. The first-order valence-electron chi connectivity index (χ1n) is 7.91. The minimum absolute atomic E-state index is 0.0185. The summed E-state index contributed by atoms with van der Waals surface area (Å²) in [6.45, 7) is 5.34. The highest BCUT2D eigenvalue weighted by Gasteiger charge is 2.30. The molecule has 0 saturated heterocycles. The molecule has 0 saturated carbocycles. The summed E-state index contributed by atoms with van der Waals surface area (Å²) in [5.74, 6) is -0.0496. The molecular formula is C18H19ClN2O3S. The van der Waals surface area contributed by atoms with Crippen molar-refractivity contribution in [1.29, 1.82) is 0 Å². The van der Waals surface area contributed by atoms with Crippen molar-refractivity contribution in [1.82, 2.24) is 0 Å². The van der Waals surface area contributed by atoms with E-state index in [1.165, 1.54) is 13.0 Å². The van der Waals surface area contributed by atoms with E-state index in [0.29, 0.717) is 17.1 Å². The van der Waals surface area contributed by atoms with Gasteiger partial charge >= 0.3 is 0 Å². The fourth-order valence-corrected chi connectivity index (χ4v) is 4.63. The van der Waals surface area contributed by atoms with Crippen LogP contribution in [0.15, 0.2) is 41.3 Å². The van der Waals surface area contributed by atoms with Gasteiger partial charge in [-0.15, -0.1) is 0 Å². The van der Waals surface area contributed by atoms with Crippen molar-refractivity contribution in [3.05, 3.63) is 52.5 Å². The minimum atomic E-state index is -3.76. The molecule has 1 N–H and O–H groups in total. The maximum atomic E-state index is 12.7. The first kappa shape index (κ1) is 17.8. The number of nitrogens with one attached hydrogen (secondary N) is 1. The highest BCUT2D eigenvalue weighted by Crippen LogP contribution is 2.34. The maximum absolute atomic E-state index is 12.7. The molecule has 3 rings (SSSR count). The van der Waals surface area contributed by atoms with Gasteiger partial charge in [-0.3, -0.25) is 9.52 Å². The zero-order valence-corrected chi connectivity index (χ0v) is 15.8. The molecule has 7 heteroatoms. The summed E-state index contributed by atoms with van der Waals surface area (Å²) in [4.78, 5) is 13.6. The lowest BCUT2D eigenvalue weighted by Gasteiger charge is -2.20. The Balaban J connectivity index is 1.94. The number of benzene rings is 2. The van der Waals surface area contributed by atoms with Gasteiger partial charge in [0.05, 0.1) is 15.6 Å². The Bertz CT molecular complexity index is 957. The molecule has 25 heavy (non-hydrogen) atoms. The molecule has 1 unspecified atom stereocenters. The van der Waals surface area contributed by atoms with Gasteiger partial charge in [-0.25, -0.2) is 8.42 Å². The largest absolute Gasteiger partial charge is 0.309 e. The molecule has 1 atom stereocenters. The number of aryl methyl sites for hydroxylation is 1. The number of hydrogen-bond donors (Lipinski definition) is 1. The summed E-state index contributed by atoms with van der Waals surface area (Å²) in [5, 5.41) is 0.348. The predicted molar refractivity (Wildman–Crippen MR) is 99.8 cm³/mol. The lowest BCUT2D eigenvalue weighted by Crippen LogP contribution is -2.33. The fourth-order valence-electron chi connectivity index (χ4n) is 3.16. The van der Waals surface area contributed by atoms with Crippen LogP contribution in [-0.4, -0.2) is 20.4 Å². The second-order valence-electron chi connectivity index (χ2n) is 6.32. The number of carbonyl (C=O) groups is 1. The second-order valence-corrected chi connectivity index (χ2v) is 8.41. The molecule has 0 bridgehead atoms. The number of sulfonamides is 1. The third-order valence-electron chi connectivity index (χ3n) is 4.29. The summed E-state index contributed by atoms with van der Waals surface area (Å²) in [7, 11) is -3.76. The Morgan fingerprint density at radius 2 is 1.96 bits per heavy atom. The summed E-state index contributed by atoms with van der Waals surface area (Å²) < 4.78 is 27.9. The van der Waals surface area contributed by atoms with Crippen LogP contribution in [0.4, 0.5) is 11.4 Å². The standard InChI is InChI=1S/C18H19ClN2O3S/c1-11-4-6-17(16(19)8-11)20-25(23,24)15-5-7-18-14(10-15)9-12(2)21(18)13(3)22/h4-8,10,12,20H,9H2,1-3H3. The number of amides is 1. The average molecular weight is 379 g/mol. The Hall–Kier alpha value is -2.05. The molecule has 132 valence electrons. The van der Waals surface area contributed by atoms with Crippen molar-refractivity contribution in [3.63, 3.8) is 0 Å². The zero-order chi connectivity index (χ0) is 18.4. The average Bonchev–Trinajstić information content (AvgIpc) is 2.85. The van der Waals surface area contributed by atoms with E-state index in [2.05, 4.69) is 4.72 Å². The molecule has 0 aromatic heterocycles. The lowest BCUT2D eigenvalue weighted by molar-refractivity contribution is -0.116. The molecule has 2 aromatic carbocycles. The summed E-state index contributed by atoms with van der Waals surface area (Å²) in [6.07, 6.45) is 0.629. The number of nitrogens with zero attached hydrogens (tertiary/aromatic N) is 1. The number of carbonyl (C=O) groups excluding carboxylic acids is 1. The van der Waals surface area contributed by atoms with Gasteiger partial charge in [-0.1, -0.05) is 17.7 Å².